The Labute approximate surface area is 180 Å². The molecule has 1 nitrogen and oxygen atoms in total. The first-order valence-corrected chi connectivity index (χ1v) is 13.1. The van der Waals surface area contributed by atoms with Gasteiger partial charge in [0.2, 0.25) is 0 Å². The van der Waals surface area contributed by atoms with Crippen molar-refractivity contribution < 1.29 is 0 Å². The molecule has 0 saturated heterocycles. The highest BCUT2D eigenvalue weighted by molar-refractivity contribution is 4.92. The lowest BCUT2D eigenvalue weighted by Gasteiger charge is -2.49. The minimum atomic E-state index is 0.324. The smallest absolute Gasteiger partial charge is 0.0158 e. The Bertz CT molecular complexity index is 303. The summed E-state index contributed by atoms with van der Waals surface area (Å²) in [5.41, 5.74) is 0.647. The Morgan fingerprint density at radius 2 is 0.750 bits per heavy atom. The number of hydrogen-bond acceptors (Lipinski definition) is 1. The van der Waals surface area contributed by atoms with Gasteiger partial charge in [0.1, 0.15) is 0 Å². The van der Waals surface area contributed by atoms with Crippen molar-refractivity contribution >= 4 is 0 Å². The van der Waals surface area contributed by atoms with Gasteiger partial charge in [0, 0.05) is 11.1 Å². The lowest BCUT2D eigenvalue weighted by atomic mass is 9.85. The van der Waals surface area contributed by atoms with Crippen molar-refractivity contribution in [3.63, 3.8) is 0 Å². The molecule has 0 aromatic heterocycles. The van der Waals surface area contributed by atoms with E-state index in [1.54, 1.807) is 0 Å². The first-order valence-electron chi connectivity index (χ1n) is 13.1. The van der Waals surface area contributed by atoms with E-state index in [2.05, 4.69) is 53.4 Å². The second-order valence-electron chi connectivity index (χ2n) is 10.5. The third-order valence-electron chi connectivity index (χ3n) is 6.73. The topological polar surface area (TPSA) is 3.24 Å². The Morgan fingerprint density at radius 1 is 0.429 bits per heavy atom. The van der Waals surface area contributed by atoms with Crippen LogP contribution in [-0.4, -0.2) is 22.5 Å². The van der Waals surface area contributed by atoms with E-state index in [0.717, 1.165) is 0 Å². The van der Waals surface area contributed by atoms with E-state index in [0.29, 0.717) is 11.1 Å². The van der Waals surface area contributed by atoms with E-state index in [4.69, 9.17) is 0 Å². The maximum absolute atomic E-state index is 2.90. The van der Waals surface area contributed by atoms with Gasteiger partial charge in [-0.05, 0) is 53.5 Å². The molecule has 0 bridgehead atoms. The fraction of sp³-hybridized carbons (Fsp3) is 1.00. The molecule has 0 unspecified atom stereocenters. The lowest BCUT2D eigenvalue weighted by Crippen LogP contribution is -2.55. The molecular formula is C27H57N. The minimum Gasteiger partial charge on any atom is -0.293 e. The van der Waals surface area contributed by atoms with Gasteiger partial charge >= 0.3 is 0 Å². The maximum Gasteiger partial charge on any atom is 0.0158 e. The summed E-state index contributed by atoms with van der Waals surface area (Å²) in [7, 11) is 0. The average molecular weight is 396 g/mol. The summed E-state index contributed by atoms with van der Waals surface area (Å²) in [5, 5.41) is 0. The third-order valence-corrected chi connectivity index (χ3v) is 6.73. The van der Waals surface area contributed by atoms with E-state index in [1.807, 2.05) is 0 Å². The van der Waals surface area contributed by atoms with Gasteiger partial charge in [-0.15, -0.1) is 0 Å². The van der Waals surface area contributed by atoms with E-state index in [9.17, 15) is 0 Å². The summed E-state index contributed by atoms with van der Waals surface area (Å²) in [5.74, 6) is 0. The van der Waals surface area contributed by atoms with Gasteiger partial charge in [-0.3, -0.25) is 4.90 Å². The fourth-order valence-corrected chi connectivity index (χ4v) is 4.89. The highest BCUT2D eigenvalue weighted by atomic mass is 15.2. The zero-order valence-electron chi connectivity index (χ0n) is 21.2. The molecule has 0 aromatic carbocycles. The third kappa shape index (κ3) is 13.2. The normalized spacial score (nSPS) is 12.9. The average Bonchev–Trinajstić information content (AvgIpc) is 2.64. The molecule has 0 heterocycles. The highest BCUT2D eigenvalue weighted by Gasteiger charge is 2.36. The monoisotopic (exact) mass is 395 g/mol. The highest BCUT2D eigenvalue weighted by Crippen LogP contribution is 2.33. The van der Waals surface area contributed by atoms with Crippen LogP contribution >= 0.6 is 0 Å². The predicted octanol–water partition coefficient (Wildman–Crippen LogP) is 9.54. The van der Waals surface area contributed by atoms with Crippen LogP contribution < -0.4 is 0 Å². The van der Waals surface area contributed by atoms with Gasteiger partial charge in [-0.2, -0.15) is 0 Å². The largest absolute Gasteiger partial charge is 0.293 e. The first kappa shape index (κ1) is 28.0. The number of unbranched alkanes of at least 4 members (excludes halogenated alkanes) is 12. The Hall–Kier alpha value is -0.0400. The zero-order chi connectivity index (χ0) is 21.3. The van der Waals surface area contributed by atoms with Gasteiger partial charge in [0.25, 0.3) is 0 Å². The summed E-state index contributed by atoms with van der Waals surface area (Å²) in [6, 6.07) is 0. The van der Waals surface area contributed by atoms with Crippen LogP contribution in [0.3, 0.4) is 0 Å². The first-order chi connectivity index (χ1) is 13.3. The summed E-state index contributed by atoms with van der Waals surface area (Å²) in [6.45, 7) is 18.3. The van der Waals surface area contributed by atoms with Gasteiger partial charge in [0.15, 0.2) is 0 Å². The molecule has 0 aliphatic carbocycles. The Morgan fingerprint density at radius 3 is 1.14 bits per heavy atom. The van der Waals surface area contributed by atoms with Crippen LogP contribution in [-0.2, 0) is 0 Å². The molecule has 0 rings (SSSR count). The van der Waals surface area contributed by atoms with Crippen molar-refractivity contribution in [2.75, 3.05) is 6.54 Å². The van der Waals surface area contributed by atoms with Gasteiger partial charge in [0.05, 0.1) is 0 Å². The summed E-state index contributed by atoms with van der Waals surface area (Å²) >= 11 is 0. The van der Waals surface area contributed by atoms with Crippen LogP contribution in [0.4, 0.5) is 0 Å². The van der Waals surface area contributed by atoms with E-state index >= 15 is 0 Å². The minimum absolute atomic E-state index is 0.324. The molecule has 0 fully saturated rings. The molecule has 0 aliphatic rings. The van der Waals surface area contributed by atoms with Crippen LogP contribution in [0.2, 0.25) is 0 Å². The lowest BCUT2D eigenvalue weighted by molar-refractivity contribution is 0.00161. The van der Waals surface area contributed by atoms with Crippen LogP contribution in [0.15, 0.2) is 0 Å². The molecule has 0 radical (unpaired) electrons. The summed E-state index contributed by atoms with van der Waals surface area (Å²) in [4.78, 5) is 2.90. The van der Waals surface area contributed by atoms with E-state index < -0.39 is 0 Å². The quantitative estimate of drug-likeness (QED) is 0.185. The van der Waals surface area contributed by atoms with E-state index in [1.165, 1.54) is 116 Å². The van der Waals surface area contributed by atoms with Crippen molar-refractivity contribution in [2.45, 2.75) is 169 Å². The number of rotatable bonds is 20. The molecule has 0 saturated carbocycles. The molecule has 0 amide bonds. The Balaban J connectivity index is 4.62. The molecule has 170 valence electrons. The molecule has 0 N–H and O–H groups in total. The summed E-state index contributed by atoms with van der Waals surface area (Å²) in [6.07, 6.45) is 23.6. The van der Waals surface area contributed by atoms with Crippen LogP contribution in [0, 0.1) is 0 Å². The number of nitrogens with zero attached hydrogens (tertiary/aromatic N) is 1. The zero-order valence-corrected chi connectivity index (χ0v) is 21.2. The standard InChI is InChI=1S/C27H57N/c1-8-11-14-16-18-20-23-26(4,5)28(25-22-13-10-3)27(6,7)24-21-19-17-15-12-9-2/h8-25H2,1-7H3. The molecule has 0 atom stereocenters. The van der Waals surface area contributed by atoms with Crippen LogP contribution in [0.1, 0.15) is 158 Å². The van der Waals surface area contributed by atoms with Crippen molar-refractivity contribution in [3.05, 3.63) is 0 Å². The van der Waals surface area contributed by atoms with Crippen LogP contribution in [0.25, 0.3) is 0 Å². The summed E-state index contributed by atoms with van der Waals surface area (Å²) < 4.78 is 0. The van der Waals surface area contributed by atoms with Gasteiger partial charge in [-0.25, -0.2) is 0 Å². The SMILES string of the molecule is CCCCCCCCC(C)(C)N(CCCCC)C(C)(C)CCCCCCCC. The van der Waals surface area contributed by atoms with Crippen LogP contribution in [0.5, 0.6) is 0 Å². The Kier molecular flexibility index (Phi) is 16.7. The molecular weight excluding hydrogens is 338 g/mol. The fourth-order valence-electron chi connectivity index (χ4n) is 4.89. The van der Waals surface area contributed by atoms with Gasteiger partial charge < -0.3 is 0 Å². The molecule has 1 heteroatoms. The van der Waals surface area contributed by atoms with Crippen molar-refractivity contribution in [1.29, 1.82) is 0 Å². The maximum atomic E-state index is 2.90. The molecule has 0 aromatic rings. The van der Waals surface area contributed by atoms with Crippen molar-refractivity contribution in [2.24, 2.45) is 0 Å². The number of hydrogen-bond donors (Lipinski definition) is 0. The van der Waals surface area contributed by atoms with Gasteiger partial charge in [-0.1, -0.05) is 111 Å². The molecule has 28 heavy (non-hydrogen) atoms. The van der Waals surface area contributed by atoms with Crippen molar-refractivity contribution in [3.8, 4) is 0 Å². The predicted molar refractivity (Wildman–Crippen MR) is 130 cm³/mol. The van der Waals surface area contributed by atoms with E-state index in [-0.39, 0.29) is 0 Å². The second kappa shape index (κ2) is 16.7. The second-order valence-corrected chi connectivity index (χ2v) is 10.5. The molecule has 0 spiro atoms. The molecule has 0 aliphatic heterocycles. The van der Waals surface area contributed by atoms with Crippen molar-refractivity contribution in [1.82, 2.24) is 4.90 Å².